The van der Waals surface area contributed by atoms with Crippen molar-refractivity contribution in [2.24, 2.45) is 10.7 Å². The number of carbonyl (C=O) groups is 2. The number of benzene rings is 2. The summed E-state index contributed by atoms with van der Waals surface area (Å²) in [6.07, 6.45) is 3.32. The molecule has 9 heteroatoms. The number of carbonyl (C=O) groups excluding carboxylic acids is 2. The lowest BCUT2D eigenvalue weighted by molar-refractivity contribution is -0.146. The molecule has 2 aromatic rings. The number of phenols is 2. The topological polar surface area (TPSA) is 143 Å². The third-order valence-corrected chi connectivity index (χ3v) is 5.58. The maximum atomic E-state index is 12.7. The molecule has 2 rings (SSSR count). The number of nitrogens with two attached hydrogens (primary N) is 1. The van der Waals surface area contributed by atoms with E-state index in [0.29, 0.717) is 24.3 Å². The van der Waals surface area contributed by atoms with Gasteiger partial charge in [0.15, 0.2) is 5.96 Å². The molecule has 0 bridgehead atoms. The second-order valence-corrected chi connectivity index (χ2v) is 8.44. The lowest BCUT2D eigenvalue weighted by Gasteiger charge is -2.18. The number of aliphatic imine (C=N–C) groups is 1. The van der Waals surface area contributed by atoms with Gasteiger partial charge in [0.1, 0.15) is 17.4 Å². The zero-order valence-electron chi connectivity index (χ0n) is 21.0. The lowest BCUT2D eigenvalue weighted by Crippen LogP contribution is -2.38. The van der Waals surface area contributed by atoms with E-state index >= 15 is 0 Å². The molecule has 0 spiro atoms. The van der Waals surface area contributed by atoms with Gasteiger partial charge in [-0.05, 0) is 48.2 Å². The average molecular weight is 500 g/mol. The van der Waals surface area contributed by atoms with Crippen molar-refractivity contribution in [3.8, 4) is 11.5 Å². The van der Waals surface area contributed by atoms with Crippen molar-refractivity contribution in [1.82, 2.24) is 5.32 Å². The molecule has 0 radical (unpaired) electrons. The fourth-order valence-corrected chi connectivity index (χ4v) is 3.35. The number of nitrogens with one attached hydrogen (secondary N) is 1. The first-order valence-corrected chi connectivity index (χ1v) is 12.3. The highest BCUT2D eigenvalue weighted by atomic mass is 16.5. The van der Waals surface area contributed by atoms with Crippen LogP contribution in [-0.4, -0.2) is 54.4 Å². The van der Waals surface area contributed by atoms with Crippen LogP contribution in [0.25, 0.3) is 0 Å². The Labute approximate surface area is 212 Å². The van der Waals surface area contributed by atoms with Gasteiger partial charge < -0.3 is 30.7 Å². The summed E-state index contributed by atoms with van der Waals surface area (Å²) >= 11 is 0. The first-order valence-electron chi connectivity index (χ1n) is 12.3. The van der Waals surface area contributed by atoms with Crippen molar-refractivity contribution in [1.29, 1.82) is 0 Å². The Morgan fingerprint density at radius 2 is 1.28 bits per heavy atom. The SMILES string of the molecule is CCCCOC(=O)C(CN=C(N)NCC(C(=O)OCCCC)c1ccc(O)cc1)c1ccc(O)cc1. The van der Waals surface area contributed by atoms with Gasteiger partial charge in [0.05, 0.1) is 25.7 Å². The van der Waals surface area contributed by atoms with Crippen LogP contribution in [0.2, 0.25) is 0 Å². The molecule has 0 fully saturated rings. The summed E-state index contributed by atoms with van der Waals surface area (Å²) in [5.74, 6) is -1.95. The number of unbranched alkanes of at least 4 members (excludes halogenated alkanes) is 2. The maximum Gasteiger partial charge on any atom is 0.315 e. The van der Waals surface area contributed by atoms with Gasteiger partial charge in [-0.25, -0.2) is 0 Å². The standard InChI is InChI=1S/C27H37N3O6/c1-3-5-15-35-25(33)23(19-7-11-21(31)12-8-19)17-29-27(28)30-18-24(26(34)36-16-6-4-2)20-9-13-22(32)14-10-20/h7-14,23-24,31-32H,3-6,15-18H2,1-2H3,(H3,28,29,30). The molecule has 196 valence electrons. The molecule has 2 atom stereocenters. The number of hydrogen-bond donors (Lipinski definition) is 4. The van der Waals surface area contributed by atoms with Crippen molar-refractivity contribution in [3.63, 3.8) is 0 Å². The molecule has 0 saturated heterocycles. The molecule has 5 N–H and O–H groups in total. The van der Waals surface area contributed by atoms with E-state index in [1.54, 1.807) is 24.3 Å². The van der Waals surface area contributed by atoms with Gasteiger partial charge in [0.2, 0.25) is 0 Å². The van der Waals surface area contributed by atoms with Crippen molar-refractivity contribution >= 4 is 17.9 Å². The Bertz CT molecular complexity index is 976. The highest BCUT2D eigenvalue weighted by Gasteiger charge is 2.24. The molecule has 0 aliphatic carbocycles. The van der Waals surface area contributed by atoms with Gasteiger partial charge in [-0.2, -0.15) is 0 Å². The van der Waals surface area contributed by atoms with Crippen LogP contribution in [0.15, 0.2) is 53.5 Å². The number of aromatic hydroxyl groups is 2. The molecule has 9 nitrogen and oxygen atoms in total. The molecule has 36 heavy (non-hydrogen) atoms. The largest absolute Gasteiger partial charge is 0.508 e. The fourth-order valence-electron chi connectivity index (χ4n) is 3.35. The monoisotopic (exact) mass is 499 g/mol. The Morgan fingerprint density at radius 1 is 0.833 bits per heavy atom. The molecule has 0 aliphatic rings. The minimum absolute atomic E-state index is 0.0272. The number of phenolic OH excluding ortho intramolecular Hbond substituents is 2. The first-order chi connectivity index (χ1) is 17.3. The molecular formula is C27H37N3O6. The summed E-state index contributed by atoms with van der Waals surface area (Å²) in [4.78, 5) is 29.7. The minimum Gasteiger partial charge on any atom is -0.508 e. The van der Waals surface area contributed by atoms with Crippen molar-refractivity contribution in [2.75, 3.05) is 26.3 Å². The molecule has 0 aliphatic heterocycles. The Morgan fingerprint density at radius 3 is 1.75 bits per heavy atom. The molecule has 0 saturated carbocycles. The van der Waals surface area contributed by atoms with Gasteiger partial charge >= 0.3 is 11.9 Å². The summed E-state index contributed by atoms with van der Waals surface area (Å²) in [6, 6.07) is 12.6. The van der Waals surface area contributed by atoms with E-state index in [4.69, 9.17) is 15.2 Å². The highest BCUT2D eigenvalue weighted by molar-refractivity contribution is 5.83. The molecule has 0 heterocycles. The number of esters is 2. The smallest absolute Gasteiger partial charge is 0.315 e. The average Bonchev–Trinajstić information content (AvgIpc) is 2.86. The summed E-state index contributed by atoms with van der Waals surface area (Å²) < 4.78 is 10.8. The predicted octanol–water partition coefficient (Wildman–Crippen LogP) is 3.56. The van der Waals surface area contributed by atoms with Crippen LogP contribution in [0.1, 0.15) is 62.5 Å². The quantitative estimate of drug-likeness (QED) is 0.134. The Kier molecular flexibility index (Phi) is 12.1. The minimum atomic E-state index is -0.699. The van der Waals surface area contributed by atoms with Crippen LogP contribution in [0.3, 0.4) is 0 Å². The predicted molar refractivity (Wildman–Crippen MR) is 138 cm³/mol. The summed E-state index contributed by atoms with van der Waals surface area (Å²) in [7, 11) is 0. The third kappa shape index (κ3) is 9.48. The van der Waals surface area contributed by atoms with Gasteiger partial charge in [0, 0.05) is 6.54 Å². The number of ether oxygens (including phenoxy) is 2. The first kappa shape index (κ1) is 28.5. The molecule has 2 unspecified atom stereocenters. The summed E-state index contributed by atoms with van der Waals surface area (Å²) in [5, 5.41) is 22.1. The zero-order valence-corrected chi connectivity index (χ0v) is 21.0. The third-order valence-electron chi connectivity index (χ3n) is 5.58. The van der Waals surface area contributed by atoms with E-state index < -0.39 is 23.8 Å². The second kappa shape index (κ2) is 15.3. The zero-order chi connectivity index (χ0) is 26.3. The van der Waals surface area contributed by atoms with Crippen LogP contribution in [0.4, 0.5) is 0 Å². The van der Waals surface area contributed by atoms with Crippen molar-refractivity contribution in [2.45, 2.75) is 51.4 Å². The van der Waals surface area contributed by atoms with Gasteiger partial charge in [0.25, 0.3) is 0 Å². The van der Waals surface area contributed by atoms with E-state index in [1.165, 1.54) is 24.3 Å². The van der Waals surface area contributed by atoms with E-state index in [9.17, 15) is 19.8 Å². The maximum absolute atomic E-state index is 12.7. The molecule has 2 aromatic carbocycles. The van der Waals surface area contributed by atoms with Crippen LogP contribution in [0.5, 0.6) is 11.5 Å². The van der Waals surface area contributed by atoms with Crippen LogP contribution in [-0.2, 0) is 19.1 Å². The number of guanidine groups is 1. The van der Waals surface area contributed by atoms with E-state index in [1.807, 2.05) is 13.8 Å². The van der Waals surface area contributed by atoms with Crippen LogP contribution in [0, 0.1) is 0 Å². The number of hydrogen-bond acceptors (Lipinski definition) is 7. The van der Waals surface area contributed by atoms with E-state index in [-0.39, 0.29) is 30.5 Å². The molecule has 0 aromatic heterocycles. The fraction of sp³-hybridized carbons (Fsp3) is 0.444. The Balaban J connectivity index is 2.10. The van der Waals surface area contributed by atoms with Crippen molar-refractivity contribution < 1.29 is 29.3 Å². The summed E-state index contributed by atoms with van der Waals surface area (Å²) in [6.45, 7) is 4.80. The van der Waals surface area contributed by atoms with Crippen molar-refractivity contribution in [3.05, 3.63) is 59.7 Å². The highest BCUT2D eigenvalue weighted by Crippen LogP contribution is 2.22. The Hall–Kier alpha value is -3.75. The normalized spacial score (nSPS) is 13.0. The van der Waals surface area contributed by atoms with E-state index in [2.05, 4.69) is 10.3 Å². The number of rotatable bonds is 14. The van der Waals surface area contributed by atoms with Crippen LogP contribution < -0.4 is 11.1 Å². The van der Waals surface area contributed by atoms with E-state index in [0.717, 1.165) is 25.7 Å². The van der Waals surface area contributed by atoms with Gasteiger partial charge in [-0.1, -0.05) is 51.0 Å². The lowest BCUT2D eigenvalue weighted by atomic mass is 9.99. The van der Waals surface area contributed by atoms with Gasteiger partial charge in [-0.3, -0.25) is 14.6 Å². The second-order valence-electron chi connectivity index (χ2n) is 8.44. The van der Waals surface area contributed by atoms with Crippen LogP contribution >= 0.6 is 0 Å². The summed E-state index contributed by atoms with van der Waals surface area (Å²) in [5.41, 5.74) is 7.38. The molecule has 0 amide bonds. The number of nitrogens with zero attached hydrogens (tertiary/aromatic N) is 1. The van der Waals surface area contributed by atoms with Gasteiger partial charge in [-0.15, -0.1) is 0 Å². The molecular weight excluding hydrogens is 462 g/mol.